The van der Waals surface area contributed by atoms with Crippen molar-refractivity contribution >= 4 is 0 Å². The van der Waals surface area contributed by atoms with Crippen molar-refractivity contribution in [1.29, 1.82) is 0 Å². The monoisotopic (exact) mass is 1000 g/mol. The molecule has 0 saturated carbocycles. The second kappa shape index (κ2) is 27.6. The van der Waals surface area contributed by atoms with E-state index in [9.17, 15) is 0 Å². The molecule has 2 fully saturated rings. The van der Waals surface area contributed by atoms with Crippen LogP contribution in [0.4, 0.5) is 0 Å². The summed E-state index contributed by atoms with van der Waals surface area (Å²) in [5.74, 6) is -1.49. The van der Waals surface area contributed by atoms with Crippen molar-refractivity contribution in [1.82, 2.24) is 0 Å². The van der Waals surface area contributed by atoms with E-state index in [1.165, 1.54) is 0 Å². The van der Waals surface area contributed by atoms with E-state index in [-0.39, 0.29) is 39.6 Å². The van der Waals surface area contributed by atoms with Gasteiger partial charge in [0.25, 0.3) is 0 Å². The molecule has 0 aliphatic carbocycles. The maximum atomic E-state index is 7.29. The predicted molar refractivity (Wildman–Crippen MR) is 281 cm³/mol. The Kier molecular flexibility index (Phi) is 19.7. The average Bonchev–Trinajstić information content (AvgIpc) is 3.46. The van der Waals surface area contributed by atoms with Crippen molar-refractivity contribution in [3.8, 4) is 0 Å². The predicted octanol–water partition coefficient (Wildman–Crippen LogP) is 11.2. The molecule has 2 saturated heterocycles. The third-order valence-electron chi connectivity index (χ3n) is 13.3. The minimum absolute atomic E-state index is 0.0316. The first kappa shape index (κ1) is 52.9. The molecule has 11 nitrogen and oxygen atoms in total. The molecule has 0 amide bonds. The molecule has 0 N–H and O–H groups in total. The molecule has 9 rings (SSSR count). The minimum Gasteiger partial charge on any atom is -0.374 e. The Hall–Kier alpha value is -5.90. The van der Waals surface area contributed by atoms with Gasteiger partial charge in [0.2, 0.25) is 0 Å². The maximum Gasteiger partial charge on any atom is 0.195 e. The molecular weight excluding hydrogens is 933 g/mol. The van der Waals surface area contributed by atoms with Gasteiger partial charge in [-0.1, -0.05) is 212 Å². The molecular formula is C63H68O11. The van der Waals surface area contributed by atoms with Crippen molar-refractivity contribution < 1.29 is 52.1 Å². The fourth-order valence-corrected chi connectivity index (χ4v) is 9.47. The zero-order valence-electron chi connectivity index (χ0n) is 42.3. The molecule has 0 spiro atoms. The van der Waals surface area contributed by atoms with Crippen LogP contribution in [-0.4, -0.2) is 81.2 Å². The number of methoxy groups -OCH3 is 1. The first-order valence-corrected chi connectivity index (χ1v) is 25.6. The molecule has 2 aliphatic heterocycles. The van der Waals surface area contributed by atoms with Crippen LogP contribution in [0.2, 0.25) is 0 Å². The Labute approximate surface area is 436 Å². The van der Waals surface area contributed by atoms with Gasteiger partial charge in [-0.2, -0.15) is 0 Å². The normalized spacial score (nSPS) is 24.9. The number of rotatable bonds is 26. The Morgan fingerprint density at radius 3 is 1.07 bits per heavy atom. The Morgan fingerprint density at radius 2 is 0.676 bits per heavy atom. The molecule has 11 heteroatoms. The van der Waals surface area contributed by atoms with Crippen molar-refractivity contribution in [3.05, 3.63) is 251 Å². The first-order valence-electron chi connectivity index (χ1n) is 25.6. The van der Waals surface area contributed by atoms with Crippen molar-refractivity contribution in [2.45, 2.75) is 114 Å². The summed E-state index contributed by atoms with van der Waals surface area (Å²) in [5.41, 5.74) is 6.98. The van der Waals surface area contributed by atoms with Gasteiger partial charge in [0.15, 0.2) is 12.1 Å². The van der Waals surface area contributed by atoms with Gasteiger partial charge < -0.3 is 52.1 Å². The summed E-state index contributed by atoms with van der Waals surface area (Å²) in [6, 6.07) is 70.5. The van der Waals surface area contributed by atoms with E-state index in [0.717, 1.165) is 38.9 Å². The van der Waals surface area contributed by atoms with Crippen LogP contribution in [0, 0.1) is 0 Å². The van der Waals surface area contributed by atoms with Crippen LogP contribution in [0.25, 0.3) is 0 Å². The van der Waals surface area contributed by atoms with Crippen molar-refractivity contribution in [2.24, 2.45) is 0 Å². The molecule has 2 heterocycles. The van der Waals surface area contributed by atoms with Crippen LogP contribution in [0.3, 0.4) is 0 Å². The van der Waals surface area contributed by atoms with E-state index < -0.39 is 60.9 Å². The van der Waals surface area contributed by atoms with Crippen LogP contribution < -0.4 is 0 Å². The highest BCUT2D eigenvalue weighted by atomic mass is 16.8. The topological polar surface area (TPSA) is 102 Å². The quantitative estimate of drug-likeness (QED) is 0.0518. The molecule has 386 valence electrons. The lowest BCUT2D eigenvalue weighted by Gasteiger charge is -2.52. The molecule has 0 radical (unpaired) electrons. The number of benzene rings is 7. The molecule has 0 bridgehead atoms. The highest BCUT2D eigenvalue weighted by Crippen LogP contribution is 2.40. The standard InChI is InChI=1S/C63H68O11/c1-63(72-46-54-56(66-39-48-26-12-4-13-27-48)58(68-41-50-30-16-6-17-31-50)60(62(64-2)73-54)70-43-52-34-20-8-21-35-52)61(71-44-53-36-22-9-23-37-53)59(69-42-51-32-18-7-19-33-51)57(67-40-49-28-14-5-15-29-49)55(74-63)45-65-38-47-24-10-3-11-25-47/h3-37,54-62H,38-46H2,1-2H3/t54-,55-,56-,57+,58+,59+,60-,61-,62+,63+/m1/s1. The van der Waals surface area contributed by atoms with Gasteiger partial charge in [0, 0.05) is 7.11 Å². The lowest BCUT2D eigenvalue weighted by Crippen LogP contribution is -2.68. The van der Waals surface area contributed by atoms with Crippen LogP contribution in [0.1, 0.15) is 45.9 Å². The van der Waals surface area contributed by atoms with Gasteiger partial charge >= 0.3 is 0 Å². The lowest BCUT2D eigenvalue weighted by atomic mass is 9.92. The zero-order valence-corrected chi connectivity index (χ0v) is 42.3. The largest absolute Gasteiger partial charge is 0.374 e. The van der Waals surface area contributed by atoms with E-state index >= 15 is 0 Å². The highest BCUT2D eigenvalue weighted by Gasteiger charge is 2.57. The third-order valence-corrected chi connectivity index (χ3v) is 13.3. The van der Waals surface area contributed by atoms with Crippen LogP contribution in [0.15, 0.2) is 212 Å². The number of ether oxygens (including phenoxy) is 11. The van der Waals surface area contributed by atoms with Crippen LogP contribution in [-0.2, 0) is 98.4 Å². The summed E-state index contributed by atoms with van der Waals surface area (Å²) >= 11 is 0. The van der Waals surface area contributed by atoms with Crippen molar-refractivity contribution in [2.75, 3.05) is 20.3 Å². The Bertz CT molecular complexity index is 2620. The maximum absolute atomic E-state index is 7.29. The molecule has 7 aromatic carbocycles. The molecule has 2 aliphatic rings. The fourth-order valence-electron chi connectivity index (χ4n) is 9.47. The van der Waals surface area contributed by atoms with E-state index in [0.29, 0.717) is 19.8 Å². The molecule has 7 aromatic rings. The van der Waals surface area contributed by atoms with E-state index in [4.69, 9.17) is 52.1 Å². The Morgan fingerprint density at radius 1 is 0.351 bits per heavy atom. The lowest BCUT2D eigenvalue weighted by molar-refractivity contribution is -0.388. The van der Waals surface area contributed by atoms with Gasteiger partial charge in [0.05, 0.1) is 59.5 Å². The van der Waals surface area contributed by atoms with E-state index in [1.807, 2.05) is 219 Å². The summed E-state index contributed by atoms with van der Waals surface area (Å²) in [7, 11) is 1.62. The average molecular weight is 1000 g/mol. The summed E-state index contributed by atoms with van der Waals surface area (Å²) in [6.07, 6.45) is -6.68. The molecule has 0 unspecified atom stereocenters. The smallest absolute Gasteiger partial charge is 0.195 e. The number of hydrogen-bond acceptors (Lipinski definition) is 11. The molecule has 0 aromatic heterocycles. The van der Waals surface area contributed by atoms with Crippen molar-refractivity contribution in [3.63, 3.8) is 0 Å². The van der Waals surface area contributed by atoms with Gasteiger partial charge in [0.1, 0.15) is 48.8 Å². The second-order valence-corrected chi connectivity index (χ2v) is 18.8. The Balaban J connectivity index is 1.07. The summed E-state index contributed by atoms with van der Waals surface area (Å²) in [6.45, 7) is 4.07. The minimum atomic E-state index is -1.49. The highest BCUT2D eigenvalue weighted by molar-refractivity contribution is 5.19. The van der Waals surface area contributed by atoms with Gasteiger partial charge in [-0.05, 0) is 45.9 Å². The summed E-state index contributed by atoms with van der Waals surface area (Å²) < 4.78 is 76.0. The summed E-state index contributed by atoms with van der Waals surface area (Å²) in [5, 5.41) is 0. The van der Waals surface area contributed by atoms with E-state index in [2.05, 4.69) is 0 Å². The SMILES string of the molecule is CO[C@H]1O[C@H](CO[C@@]2(C)O[C@H](COCc3ccccc3)[C@H](OCc3ccccc3)[C@H](OCc3ccccc3)[C@H]2OCc2ccccc2)[C@@H](OCc2ccccc2)[C@H](OCc2ccccc2)[C@H]1OCc1ccccc1. The zero-order chi connectivity index (χ0) is 50.6. The van der Waals surface area contributed by atoms with Gasteiger partial charge in [-0.25, -0.2) is 0 Å². The second-order valence-electron chi connectivity index (χ2n) is 18.8. The van der Waals surface area contributed by atoms with E-state index in [1.54, 1.807) is 7.11 Å². The van der Waals surface area contributed by atoms with Crippen LogP contribution in [0.5, 0.6) is 0 Å². The third kappa shape index (κ3) is 14.9. The first-order chi connectivity index (χ1) is 36.5. The van der Waals surface area contributed by atoms with Crippen LogP contribution >= 0.6 is 0 Å². The van der Waals surface area contributed by atoms with Gasteiger partial charge in [-0.15, -0.1) is 0 Å². The van der Waals surface area contributed by atoms with Gasteiger partial charge in [-0.3, -0.25) is 0 Å². The molecule has 10 atom stereocenters. The fraction of sp³-hybridized carbons (Fsp3) is 0.333. The molecule has 74 heavy (non-hydrogen) atoms. The number of hydrogen-bond donors (Lipinski definition) is 0. The summed E-state index contributed by atoms with van der Waals surface area (Å²) in [4.78, 5) is 0.